The molecule has 2 heterocycles. The lowest BCUT2D eigenvalue weighted by molar-refractivity contribution is -0.137. The molecule has 0 radical (unpaired) electrons. The number of nitrogens with one attached hydrogen (secondary N) is 1. The minimum absolute atomic E-state index is 0.277. The number of halogens is 4. The molecule has 0 spiro atoms. The Morgan fingerprint density at radius 2 is 1.80 bits per heavy atom. The molecule has 8 heteroatoms. The fourth-order valence-corrected chi connectivity index (χ4v) is 3.09. The summed E-state index contributed by atoms with van der Waals surface area (Å²) in [6.07, 6.45) is -1.08. The molecule has 134 valence electrons. The second kappa shape index (κ2) is 7.07. The maximum Gasteiger partial charge on any atom is 0.417 e. The molecule has 0 atom stereocenters. The van der Waals surface area contributed by atoms with E-state index >= 15 is 0 Å². The van der Waals surface area contributed by atoms with Crippen molar-refractivity contribution in [3.05, 3.63) is 40.7 Å². The summed E-state index contributed by atoms with van der Waals surface area (Å²) in [6, 6.07) is 5.47. The van der Waals surface area contributed by atoms with Crippen LogP contribution in [-0.4, -0.2) is 23.1 Å². The van der Waals surface area contributed by atoms with Crippen molar-refractivity contribution in [2.24, 2.45) is 0 Å². The van der Waals surface area contributed by atoms with Gasteiger partial charge < -0.3 is 10.2 Å². The fourth-order valence-electron chi connectivity index (χ4n) is 2.87. The van der Waals surface area contributed by atoms with Crippen LogP contribution in [0, 0.1) is 6.92 Å². The maximum atomic E-state index is 13.0. The molecule has 0 bridgehead atoms. The SMILES string of the molecule is Cc1nc(Nc2ccc(Cl)c(C(F)(F)F)c2)cc(N2CCCCC2)n1. The van der Waals surface area contributed by atoms with Gasteiger partial charge in [0.1, 0.15) is 17.5 Å². The van der Waals surface area contributed by atoms with Crippen LogP contribution in [0.5, 0.6) is 0 Å². The van der Waals surface area contributed by atoms with Gasteiger partial charge in [0, 0.05) is 24.8 Å². The van der Waals surface area contributed by atoms with Gasteiger partial charge >= 0.3 is 6.18 Å². The zero-order valence-electron chi connectivity index (χ0n) is 13.7. The molecule has 0 amide bonds. The van der Waals surface area contributed by atoms with Crippen molar-refractivity contribution in [2.75, 3.05) is 23.3 Å². The van der Waals surface area contributed by atoms with Crippen LogP contribution in [0.2, 0.25) is 5.02 Å². The predicted octanol–water partition coefficient (Wildman–Crippen LogP) is 5.19. The summed E-state index contributed by atoms with van der Waals surface area (Å²) in [4.78, 5) is 10.9. The molecule has 1 aromatic heterocycles. The minimum Gasteiger partial charge on any atom is -0.356 e. The number of rotatable bonds is 3. The summed E-state index contributed by atoms with van der Waals surface area (Å²) in [6.45, 7) is 3.62. The van der Waals surface area contributed by atoms with E-state index in [4.69, 9.17) is 11.6 Å². The lowest BCUT2D eigenvalue weighted by Gasteiger charge is -2.28. The van der Waals surface area contributed by atoms with Crippen LogP contribution in [0.1, 0.15) is 30.7 Å². The number of aryl methyl sites for hydroxylation is 1. The van der Waals surface area contributed by atoms with Crippen LogP contribution in [-0.2, 0) is 6.18 Å². The zero-order chi connectivity index (χ0) is 18.0. The van der Waals surface area contributed by atoms with E-state index < -0.39 is 11.7 Å². The fraction of sp³-hybridized carbons (Fsp3) is 0.412. The molecule has 1 aliphatic rings. The van der Waals surface area contributed by atoms with Crippen LogP contribution in [0.15, 0.2) is 24.3 Å². The third-order valence-corrected chi connectivity index (χ3v) is 4.38. The molecule has 2 aromatic rings. The van der Waals surface area contributed by atoms with Gasteiger partial charge in [-0.3, -0.25) is 0 Å². The first kappa shape index (κ1) is 17.8. The van der Waals surface area contributed by atoms with E-state index in [1.165, 1.54) is 18.6 Å². The average Bonchev–Trinajstić information content (AvgIpc) is 2.56. The summed E-state index contributed by atoms with van der Waals surface area (Å²) < 4.78 is 39.0. The molecule has 0 saturated carbocycles. The van der Waals surface area contributed by atoms with Gasteiger partial charge in [0.05, 0.1) is 10.6 Å². The molecule has 0 aliphatic carbocycles. The smallest absolute Gasteiger partial charge is 0.356 e. The van der Waals surface area contributed by atoms with Crippen molar-refractivity contribution >= 4 is 28.9 Å². The van der Waals surface area contributed by atoms with Gasteiger partial charge in [-0.1, -0.05) is 11.6 Å². The van der Waals surface area contributed by atoms with Crippen LogP contribution in [0.3, 0.4) is 0 Å². The van der Waals surface area contributed by atoms with Crippen molar-refractivity contribution in [2.45, 2.75) is 32.4 Å². The highest BCUT2D eigenvalue weighted by Gasteiger charge is 2.33. The third kappa shape index (κ3) is 4.34. The normalized spacial score (nSPS) is 15.3. The Morgan fingerprint density at radius 1 is 1.08 bits per heavy atom. The average molecular weight is 371 g/mol. The van der Waals surface area contributed by atoms with Crippen LogP contribution < -0.4 is 10.2 Å². The second-order valence-corrected chi connectivity index (χ2v) is 6.43. The van der Waals surface area contributed by atoms with E-state index in [9.17, 15) is 13.2 Å². The van der Waals surface area contributed by atoms with Gasteiger partial charge in [-0.25, -0.2) is 9.97 Å². The van der Waals surface area contributed by atoms with Gasteiger partial charge in [-0.2, -0.15) is 13.2 Å². The van der Waals surface area contributed by atoms with Crippen molar-refractivity contribution in [1.29, 1.82) is 0 Å². The number of piperidine rings is 1. The third-order valence-electron chi connectivity index (χ3n) is 4.05. The summed E-state index contributed by atoms with van der Waals surface area (Å²) in [5.74, 6) is 1.82. The van der Waals surface area contributed by atoms with Gasteiger partial charge in [0.2, 0.25) is 0 Å². The number of anilines is 3. The summed E-state index contributed by atoms with van der Waals surface area (Å²) >= 11 is 5.66. The molecule has 1 aromatic carbocycles. The van der Waals surface area contributed by atoms with Crippen molar-refractivity contribution < 1.29 is 13.2 Å². The summed E-state index contributed by atoms with van der Waals surface area (Å²) in [7, 11) is 0. The molecule has 3 rings (SSSR count). The molecule has 1 N–H and O–H groups in total. The molecular formula is C17H18ClF3N4. The molecule has 4 nitrogen and oxygen atoms in total. The number of alkyl halides is 3. The molecule has 1 aliphatic heterocycles. The number of nitrogens with zero attached hydrogens (tertiary/aromatic N) is 3. The highest BCUT2D eigenvalue weighted by atomic mass is 35.5. The topological polar surface area (TPSA) is 41.1 Å². The standard InChI is InChI=1S/C17H18ClF3N4/c1-11-22-15(10-16(23-11)25-7-3-2-4-8-25)24-12-5-6-14(18)13(9-12)17(19,20)21/h5-6,9-10H,2-4,7-8H2,1H3,(H,22,23,24). The molecule has 25 heavy (non-hydrogen) atoms. The van der Waals surface area contributed by atoms with Crippen molar-refractivity contribution in [3.8, 4) is 0 Å². The Bertz CT molecular complexity index is 758. The van der Waals surface area contributed by atoms with E-state index in [2.05, 4.69) is 20.2 Å². The highest BCUT2D eigenvalue weighted by molar-refractivity contribution is 6.31. The van der Waals surface area contributed by atoms with Crippen molar-refractivity contribution in [3.63, 3.8) is 0 Å². The van der Waals surface area contributed by atoms with Crippen LogP contribution >= 0.6 is 11.6 Å². The number of hydrogen-bond acceptors (Lipinski definition) is 4. The zero-order valence-corrected chi connectivity index (χ0v) is 14.5. The maximum absolute atomic E-state index is 13.0. The Morgan fingerprint density at radius 3 is 2.48 bits per heavy atom. The lowest BCUT2D eigenvalue weighted by Crippen LogP contribution is -2.30. The predicted molar refractivity (Wildman–Crippen MR) is 92.6 cm³/mol. The molecule has 1 saturated heterocycles. The van der Waals surface area contributed by atoms with E-state index in [1.54, 1.807) is 13.0 Å². The Labute approximate surface area is 149 Å². The van der Waals surface area contributed by atoms with E-state index in [0.717, 1.165) is 37.8 Å². The Kier molecular flexibility index (Phi) is 5.03. The summed E-state index contributed by atoms with van der Waals surface area (Å²) in [5.41, 5.74) is -0.597. The summed E-state index contributed by atoms with van der Waals surface area (Å²) in [5, 5.41) is 2.60. The van der Waals surface area contributed by atoms with E-state index in [0.29, 0.717) is 11.6 Å². The highest BCUT2D eigenvalue weighted by Crippen LogP contribution is 2.36. The van der Waals surface area contributed by atoms with E-state index in [1.807, 2.05) is 0 Å². The van der Waals surface area contributed by atoms with Crippen molar-refractivity contribution in [1.82, 2.24) is 9.97 Å². The monoisotopic (exact) mass is 370 g/mol. The Balaban J connectivity index is 1.87. The lowest BCUT2D eigenvalue weighted by atomic mass is 10.1. The van der Waals surface area contributed by atoms with Gasteiger partial charge in [0.25, 0.3) is 0 Å². The van der Waals surface area contributed by atoms with Crippen LogP contribution in [0.25, 0.3) is 0 Å². The number of aromatic nitrogens is 2. The molecular weight excluding hydrogens is 353 g/mol. The molecule has 1 fully saturated rings. The first-order chi connectivity index (χ1) is 11.8. The van der Waals surface area contributed by atoms with E-state index in [-0.39, 0.29) is 10.7 Å². The second-order valence-electron chi connectivity index (χ2n) is 6.02. The quantitative estimate of drug-likeness (QED) is 0.807. The van der Waals surface area contributed by atoms with Gasteiger partial charge in [-0.15, -0.1) is 0 Å². The van der Waals surface area contributed by atoms with Gasteiger partial charge in [0.15, 0.2) is 0 Å². The first-order valence-corrected chi connectivity index (χ1v) is 8.45. The largest absolute Gasteiger partial charge is 0.417 e. The minimum atomic E-state index is -4.50. The van der Waals surface area contributed by atoms with Crippen LogP contribution in [0.4, 0.5) is 30.5 Å². The number of benzene rings is 1. The number of hydrogen-bond donors (Lipinski definition) is 1. The Hall–Kier alpha value is -2.02. The molecule has 0 unspecified atom stereocenters. The van der Waals surface area contributed by atoms with Gasteiger partial charge in [-0.05, 0) is 44.4 Å². The first-order valence-electron chi connectivity index (χ1n) is 8.07.